The van der Waals surface area contributed by atoms with Crippen molar-refractivity contribution >= 4 is 0 Å². The van der Waals surface area contributed by atoms with Crippen LogP contribution in [0.2, 0.25) is 0 Å². The number of nitrogens with one attached hydrogen (secondary N) is 1. The van der Waals surface area contributed by atoms with E-state index in [0.29, 0.717) is 6.61 Å². The van der Waals surface area contributed by atoms with E-state index in [-0.39, 0.29) is 18.1 Å². The molecule has 0 aliphatic heterocycles. The van der Waals surface area contributed by atoms with E-state index >= 15 is 0 Å². The quantitative estimate of drug-likeness (QED) is 0.500. The lowest BCUT2D eigenvalue weighted by Gasteiger charge is -2.22. The maximum Gasteiger partial charge on any atom is 0.131 e. The fourth-order valence-electron chi connectivity index (χ4n) is 3.15. The van der Waals surface area contributed by atoms with E-state index in [1.54, 1.807) is 0 Å². The molecule has 0 radical (unpaired) electrons. The highest BCUT2D eigenvalue weighted by Crippen LogP contribution is 2.24. The van der Waals surface area contributed by atoms with Gasteiger partial charge in [-0.05, 0) is 49.6 Å². The van der Waals surface area contributed by atoms with Crippen molar-refractivity contribution in [3.05, 3.63) is 82.4 Å². The zero-order valence-corrected chi connectivity index (χ0v) is 15.7. The smallest absolute Gasteiger partial charge is 0.131 e. The van der Waals surface area contributed by atoms with Gasteiger partial charge in [-0.2, -0.15) is 0 Å². The summed E-state index contributed by atoms with van der Waals surface area (Å²) in [4.78, 5) is 0. The molecule has 0 aliphatic rings. The minimum Gasteiger partial charge on any atom is -0.376 e. The molecule has 0 aliphatic carbocycles. The molecule has 0 amide bonds. The average Bonchev–Trinajstić information content (AvgIpc) is 2.60. The summed E-state index contributed by atoms with van der Waals surface area (Å²) in [5.41, 5.74) is 3.61. The normalized spacial score (nSPS) is 12.7. The fraction of sp³-hybridized carbons (Fsp3) is 0.364. The van der Waals surface area contributed by atoms with E-state index in [4.69, 9.17) is 4.74 Å². The molecule has 0 heterocycles. The number of halogens is 2. The fourth-order valence-corrected chi connectivity index (χ4v) is 3.15. The van der Waals surface area contributed by atoms with E-state index in [9.17, 15) is 8.78 Å². The summed E-state index contributed by atoms with van der Waals surface area (Å²) < 4.78 is 33.3. The Morgan fingerprint density at radius 2 is 1.65 bits per heavy atom. The summed E-state index contributed by atoms with van der Waals surface area (Å²) in [6, 6.07) is 10.1. The Morgan fingerprint density at radius 1 is 1.04 bits per heavy atom. The minimum absolute atomic E-state index is 0.0189. The summed E-state index contributed by atoms with van der Waals surface area (Å²) in [6.07, 6.45) is 4.05. The number of benzene rings is 2. The summed E-state index contributed by atoms with van der Waals surface area (Å²) >= 11 is 0. The molecule has 4 heteroatoms. The average molecular weight is 359 g/mol. The van der Waals surface area contributed by atoms with Gasteiger partial charge in [0.25, 0.3) is 0 Å². The van der Waals surface area contributed by atoms with Crippen molar-refractivity contribution in [3.63, 3.8) is 0 Å². The van der Waals surface area contributed by atoms with Crippen LogP contribution >= 0.6 is 0 Å². The van der Waals surface area contributed by atoms with E-state index in [1.807, 2.05) is 19.1 Å². The van der Waals surface area contributed by atoms with Gasteiger partial charge in [0.15, 0.2) is 0 Å². The van der Waals surface area contributed by atoms with Gasteiger partial charge in [-0.25, -0.2) is 8.78 Å². The number of hydrogen-bond donors (Lipinski definition) is 1. The molecule has 1 unspecified atom stereocenters. The van der Waals surface area contributed by atoms with Crippen molar-refractivity contribution in [2.24, 2.45) is 0 Å². The molecule has 0 saturated carbocycles. The molecule has 1 N–H and O–H groups in total. The lowest BCUT2D eigenvalue weighted by atomic mass is 9.91. The molecular formula is C22H27F2NO. The molecule has 0 bridgehead atoms. The van der Waals surface area contributed by atoms with Crippen LogP contribution < -0.4 is 5.32 Å². The predicted octanol–water partition coefficient (Wildman–Crippen LogP) is 5.05. The van der Waals surface area contributed by atoms with Gasteiger partial charge in [0, 0.05) is 24.6 Å². The number of allylic oxidation sites excluding steroid dienone is 1. The van der Waals surface area contributed by atoms with Crippen molar-refractivity contribution in [2.75, 3.05) is 19.7 Å². The first-order chi connectivity index (χ1) is 12.5. The van der Waals surface area contributed by atoms with Crippen LogP contribution in [0.25, 0.3) is 0 Å². The highest BCUT2D eigenvalue weighted by atomic mass is 19.1. The van der Waals surface area contributed by atoms with Gasteiger partial charge in [0.05, 0.1) is 13.2 Å². The van der Waals surface area contributed by atoms with Crippen LogP contribution in [-0.4, -0.2) is 19.7 Å². The molecule has 2 nitrogen and oxygen atoms in total. The maximum absolute atomic E-state index is 13.8. The van der Waals surface area contributed by atoms with E-state index in [2.05, 4.69) is 37.4 Å². The zero-order chi connectivity index (χ0) is 18.9. The minimum atomic E-state index is -0.570. The molecule has 0 spiro atoms. The standard InChI is InChI=1S/C22H27F2NO/c1-4-5-12-25-13-18(22-16(2)8-6-9-17(22)3)14-26-15-19-20(23)10-7-11-21(19)24/h4-11,18,25H,12-15H2,1-3H3. The number of ether oxygens (including phenoxy) is 1. The Bertz CT molecular complexity index is 702. The Morgan fingerprint density at radius 3 is 2.27 bits per heavy atom. The molecular weight excluding hydrogens is 332 g/mol. The predicted molar refractivity (Wildman–Crippen MR) is 102 cm³/mol. The second-order valence-electron chi connectivity index (χ2n) is 6.45. The van der Waals surface area contributed by atoms with Crippen molar-refractivity contribution < 1.29 is 13.5 Å². The number of aryl methyl sites for hydroxylation is 2. The molecule has 2 aromatic carbocycles. The van der Waals surface area contributed by atoms with Crippen molar-refractivity contribution in [2.45, 2.75) is 33.3 Å². The van der Waals surface area contributed by atoms with Gasteiger partial charge in [0.1, 0.15) is 11.6 Å². The summed E-state index contributed by atoms with van der Waals surface area (Å²) in [6.45, 7) is 7.97. The lowest BCUT2D eigenvalue weighted by Crippen LogP contribution is -2.26. The van der Waals surface area contributed by atoms with E-state index < -0.39 is 11.6 Å². The first-order valence-electron chi connectivity index (χ1n) is 8.93. The first kappa shape index (κ1) is 20.3. The van der Waals surface area contributed by atoms with E-state index in [1.165, 1.54) is 34.9 Å². The topological polar surface area (TPSA) is 21.3 Å². The van der Waals surface area contributed by atoms with Crippen molar-refractivity contribution in [1.29, 1.82) is 0 Å². The number of rotatable bonds is 9. The second-order valence-corrected chi connectivity index (χ2v) is 6.45. The monoisotopic (exact) mass is 359 g/mol. The molecule has 0 saturated heterocycles. The Balaban J connectivity index is 2.09. The maximum atomic E-state index is 13.8. The number of hydrogen-bond acceptors (Lipinski definition) is 2. The van der Waals surface area contributed by atoms with Gasteiger partial charge in [-0.3, -0.25) is 0 Å². The molecule has 2 aromatic rings. The Kier molecular flexibility index (Phi) is 7.95. The molecule has 140 valence electrons. The lowest BCUT2D eigenvalue weighted by molar-refractivity contribution is 0.102. The first-order valence-corrected chi connectivity index (χ1v) is 8.93. The van der Waals surface area contributed by atoms with Gasteiger partial charge < -0.3 is 10.1 Å². The SMILES string of the molecule is CC=CCNCC(COCc1c(F)cccc1F)c1c(C)cccc1C. The van der Waals surface area contributed by atoms with Crippen LogP contribution in [0.3, 0.4) is 0 Å². The highest BCUT2D eigenvalue weighted by molar-refractivity contribution is 5.37. The molecule has 1 atom stereocenters. The van der Waals surface area contributed by atoms with E-state index in [0.717, 1.165) is 13.1 Å². The van der Waals surface area contributed by atoms with Crippen LogP contribution in [0.4, 0.5) is 8.78 Å². The summed E-state index contributed by atoms with van der Waals surface area (Å²) in [5.74, 6) is -1.03. The molecule has 26 heavy (non-hydrogen) atoms. The van der Waals surface area contributed by atoms with Crippen LogP contribution in [0.5, 0.6) is 0 Å². The Hall–Kier alpha value is -2.04. The van der Waals surface area contributed by atoms with Crippen molar-refractivity contribution in [1.82, 2.24) is 5.32 Å². The third-order valence-corrected chi connectivity index (χ3v) is 4.47. The summed E-state index contributed by atoms with van der Waals surface area (Å²) in [5, 5.41) is 3.40. The largest absolute Gasteiger partial charge is 0.376 e. The van der Waals surface area contributed by atoms with Crippen LogP contribution in [-0.2, 0) is 11.3 Å². The highest BCUT2D eigenvalue weighted by Gasteiger charge is 2.17. The molecule has 2 rings (SSSR count). The van der Waals surface area contributed by atoms with Gasteiger partial charge >= 0.3 is 0 Å². The van der Waals surface area contributed by atoms with Gasteiger partial charge in [-0.15, -0.1) is 0 Å². The molecule has 0 fully saturated rings. The zero-order valence-electron chi connectivity index (χ0n) is 15.7. The van der Waals surface area contributed by atoms with Crippen LogP contribution in [0.15, 0.2) is 48.6 Å². The second kappa shape index (κ2) is 10.2. The van der Waals surface area contributed by atoms with Crippen LogP contribution in [0, 0.1) is 25.5 Å². The molecule has 0 aromatic heterocycles. The summed E-state index contributed by atoms with van der Waals surface area (Å²) in [7, 11) is 0. The van der Waals surface area contributed by atoms with Crippen LogP contribution in [0.1, 0.15) is 35.1 Å². The third-order valence-electron chi connectivity index (χ3n) is 4.47. The van der Waals surface area contributed by atoms with Gasteiger partial charge in [-0.1, -0.05) is 36.4 Å². The van der Waals surface area contributed by atoms with Gasteiger partial charge in [0.2, 0.25) is 0 Å². The third kappa shape index (κ3) is 5.48. The van der Waals surface area contributed by atoms with Crippen molar-refractivity contribution in [3.8, 4) is 0 Å². The Labute approximate surface area is 154 Å².